The average molecular weight is 307 g/mol. The van der Waals surface area contributed by atoms with Crippen molar-refractivity contribution >= 4 is 5.69 Å². The van der Waals surface area contributed by atoms with Crippen molar-refractivity contribution in [1.82, 2.24) is 10.2 Å². The summed E-state index contributed by atoms with van der Waals surface area (Å²) in [4.78, 5) is 11.1. The number of halogens is 4. The second-order valence-corrected chi connectivity index (χ2v) is 4.69. The molecule has 0 amide bonds. The Morgan fingerprint density at radius 1 is 1.29 bits per heavy atom. The molecule has 5 nitrogen and oxygen atoms in total. The lowest BCUT2D eigenvalue weighted by molar-refractivity contribution is -0.386. The van der Waals surface area contributed by atoms with Crippen LogP contribution < -0.4 is 5.32 Å². The van der Waals surface area contributed by atoms with Crippen LogP contribution in [0.25, 0.3) is 0 Å². The fourth-order valence-electron chi connectivity index (χ4n) is 2.43. The van der Waals surface area contributed by atoms with Crippen molar-refractivity contribution in [2.45, 2.75) is 12.2 Å². The van der Waals surface area contributed by atoms with Crippen LogP contribution in [-0.4, -0.2) is 42.2 Å². The average Bonchev–Trinajstić information content (AvgIpc) is 2.40. The van der Waals surface area contributed by atoms with E-state index in [9.17, 15) is 27.7 Å². The molecule has 21 heavy (non-hydrogen) atoms. The highest BCUT2D eigenvalue weighted by atomic mass is 19.4. The molecule has 0 spiro atoms. The minimum atomic E-state index is -4.68. The van der Waals surface area contributed by atoms with Gasteiger partial charge in [0, 0.05) is 26.2 Å². The molecule has 116 valence electrons. The molecule has 1 aromatic carbocycles. The summed E-state index contributed by atoms with van der Waals surface area (Å²) in [5.41, 5.74) is -1.38. The first-order chi connectivity index (χ1) is 9.80. The van der Waals surface area contributed by atoms with Gasteiger partial charge < -0.3 is 5.32 Å². The predicted molar refractivity (Wildman–Crippen MR) is 66.3 cm³/mol. The van der Waals surface area contributed by atoms with Crippen LogP contribution in [0.1, 0.15) is 11.6 Å². The molecule has 0 aliphatic carbocycles. The molecular weight excluding hydrogens is 294 g/mol. The molecule has 1 N–H and O–H groups in total. The third kappa shape index (κ3) is 3.48. The summed E-state index contributed by atoms with van der Waals surface area (Å²) in [5, 5.41) is 13.8. The Balaban J connectivity index is 2.48. The van der Waals surface area contributed by atoms with Gasteiger partial charge in [-0.2, -0.15) is 13.2 Å². The fourth-order valence-corrected chi connectivity index (χ4v) is 2.43. The minimum absolute atomic E-state index is 0.110. The summed E-state index contributed by atoms with van der Waals surface area (Å²) >= 11 is 0. The van der Waals surface area contributed by atoms with Crippen molar-refractivity contribution < 1.29 is 22.5 Å². The molecule has 2 rings (SSSR count). The smallest absolute Gasteiger partial charge is 0.314 e. The number of piperazine rings is 1. The maximum absolute atomic E-state index is 13.4. The summed E-state index contributed by atoms with van der Waals surface area (Å²) in [6.07, 6.45) is -4.68. The Labute approximate surface area is 117 Å². The van der Waals surface area contributed by atoms with Crippen LogP contribution in [0.15, 0.2) is 18.2 Å². The van der Waals surface area contributed by atoms with Gasteiger partial charge in [-0.15, -0.1) is 0 Å². The van der Waals surface area contributed by atoms with Gasteiger partial charge in [-0.05, 0) is 12.1 Å². The van der Waals surface area contributed by atoms with Crippen molar-refractivity contribution in [3.8, 4) is 0 Å². The molecule has 1 aliphatic rings. The summed E-state index contributed by atoms with van der Waals surface area (Å²) < 4.78 is 53.2. The number of nitrogens with one attached hydrogen (secondary N) is 1. The Kier molecular flexibility index (Phi) is 4.43. The highest BCUT2D eigenvalue weighted by molar-refractivity contribution is 5.43. The summed E-state index contributed by atoms with van der Waals surface area (Å²) in [7, 11) is 0. The van der Waals surface area contributed by atoms with Gasteiger partial charge in [0.1, 0.15) is 11.9 Å². The van der Waals surface area contributed by atoms with Crippen LogP contribution >= 0.6 is 0 Å². The van der Waals surface area contributed by atoms with Crippen molar-refractivity contribution in [3.05, 3.63) is 39.7 Å². The van der Waals surface area contributed by atoms with Crippen LogP contribution in [0.4, 0.5) is 23.2 Å². The molecule has 9 heteroatoms. The number of nitrogens with zero attached hydrogens (tertiary/aromatic N) is 2. The number of hydrogen-bond acceptors (Lipinski definition) is 4. The van der Waals surface area contributed by atoms with Crippen molar-refractivity contribution in [2.75, 3.05) is 26.2 Å². The Morgan fingerprint density at radius 3 is 2.43 bits per heavy atom. The molecule has 0 radical (unpaired) electrons. The Hall–Kier alpha value is -1.74. The van der Waals surface area contributed by atoms with Crippen LogP contribution in [-0.2, 0) is 0 Å². The van der Waals surface area contributed by atoms with Crippen molar-refractivity contribution in [3.63, 3.8) is 0 Å². The second-order valence-electron chi connectivity index (χ2n) is 4.69. The van der Waals surface area contributed by atoms with Gasteiger partial charge in [-0.1, -0.05) is 0 Å². The molecule has 1 fully saturated rings. The number of rotatable bonds is 3. The zero-order valence-electron chi connectivity index (χ0n) is 10.9. The molecule has 1 aromatic rings. The summed E-state index contributed by atoms with van der Waals surface area (Å²) in [6.45, 7) is 0.945. The quantitative estimate of drug-likeness (QED) is 0.528. The second kappa shape index (κ2) is 5.94. The van der Waals surface area contributed by atoms with E-state index in [-0.39, 0.29) is 13.1 Å². The Morgan fingerprint density at radius 2 is 1.90 bits per heavy atom. The van der Waals surface area contributed by atoms with Crippen LogP contribution in [0.2, 0.25) is 0 Å². The van der Waals surface area contributed by atoms with Crippen LogP contribution in [0, 0.1) is 15.9 Å². The first-order valence-corrected chi connectivity index (χ1v) is 6.26. The largest absolute Gasteiger partial charge is 0.408 e. The van der Waals surface area contributed by atoms with E-state index in [0.717, 1.165) is 17.0 Å². The van der Waals surface area contributed by atoms with Gasteiger partial charge in [-0.3, -0.25) is 15.0 Å². The topological polar surface area (TPSA) is 58.4 Å². The first kappa shape index (κ1) is 15.6. The lowest BCUT2D eigenvalue weighted by Crippen LogP contribution is -2.49. The first-order valence-electron chi connectivity index (χ1n) is 6.26. The maximum atomic E-state index is 13.4. The number of alkyl halides is 3. The molecule has 1 heterocycles. The predicted octanol–water partition coefficient (Wildman–Crippen LogP) is 2.24. The lowest BCUT2D eigenvalue weighted by Gasteiger charge is -2.35. The van der Waals surface area contributed by atoms with E-state index in [1.165, 1.54) is 0 Å². The molecule has 0 saturated carbocycles. The SMILES string of the molecule is O=[N+]([O-])c1cc(F)ccc1[C@H](N1CCNCC1)C(F)(F)F. The molecule has 1 aliphatic heterocycles. The molecule has 1 saturated heterocycles. The van der Waals surface area contributed by atoms with Gasteiger partial charge in [0.05, 0.1) is 16.6 Å². The number of benzene rings is 1. The standard InChI is InChI=1S/C12H13F4N3O2/c13-8-1-2-9(10(7-8)19(20)21)11(12(14,15)16)18-5-3-17-4-6-18/h1-2,7,11,17H,3-6H2/t11-/m0/s1. The van der Waals surface area contributed by atoms with Crippen LogP contribution in [0.3, 0.4) is 0 Å². The van der Waals surface area contributed by atoms with E-state index < -0.39 is 34.2 Å². The van der Waals surface area contributed by atoms with E-state index in [1.54, 1.807) is 0 Å². The summed E-state index contributed by atoms with van der Waals surface area (Å²) in [5.74, 6) is -0.938. The third-order valence-electron chi connectivity index (χ3n) is 3.31. The monoisotopic (exact) mass is 307 g/mol. The van der Waals surface area contributed by atoms with Crippen molar-refractivity contribution in [1.29, 1.82) is 0 Å². The molecule has 1 atom stereocenters. The number of nitro groups is 1. The fraction of sp³-hybridized carbons (Fsp3) is 0.500. The van der Waals surface area contributed by atoms with E-state index in [1.807, 2.05) is 0 Å². The van der Waals surface area contributed by atoms with E-state index in [0.29, 0.717) is 19.2 Å². The number of hydrogen-bond donors (Lipinski definition) is 1. The van der Waals surface area contributed by atoms with Crippen LogP contribution in [0.5, 0.6) is 0 Å². The third-order valence-corrected chi connectivity index (χ3v) is 3.31. The molecule has 0 unspecified atom stereocenters. The van der Waals surface area contributed by atoms with Gasteiger partial charge in [0.25, 0.3) is 5.69 Å². The highest BCUT2D eigenvalue weighted by Crippen LogP contribution is 2.41. The van der Waals surface area contributed by atoms with Gasteiger partial charge in [0.2, 0.25) is 0 Å². The maximum Gasteiger partial charge on any atom is 0.408 e. The minimum Gasteiger partial charge on any atom is -0.314 e. The zero-order valence-corrected chi connectivity index (χ0v) is 10.9. The van der Waals surface area contributed by atoms with E-state index in [4.69, 9.17) is 0 Å². The number of nitro benzene ring substituents is 1. The van der Waals surface area contributed by atoms with E-state index >= 15 is 0 Å². The normalized spacial score (nSPS) is 18.5. The lowest BCUT2D eigenvalue weighted by atomic mass is 10.0. The Bertz CT molecular complexity index is 530. The molecular formula is C12H13F4N3O2. The van der Waals surface area contributed by atoms with E-state index in [2.05, 4.69) is 5.32 Å². The summed E-state index contributed by atoms with van der Waals surface area (Å²) in [6, 6.07) is 0.0633. The molecule has 0 bridgehead atoms. The van der Waals surface area contributed by atoms with Gasteiger partial charge >= 0.3 is 6.18 Å². The zero-order chi connectivity index (χ0) is 15.6. The van der Waals surface area contributed by atoms with Gasteiger partial charge in [-0.25, -0.2) is 4.39 Å². The van der Waals surface area contributed by atoms with Gasteiger partial charge in [0.15, 0.2) is 0 Å². The van der Waals surface area contributed by atoms with Crippen molar-refractivity contribution in [2.24, 2.45) is 0 Å². The highest BCUT2D eigenvalue weighted by Gasteiger charge is 2.47. The molecule has 0 aromatic heterocycles.